The molecule has 2 aromatic carbocycles. The normalized spacial score (nSPS) is 17.5. The molecule has 1 aliphatic rings. The van der Waals surface area contributed by atoms with E-state index in [1.807, 2.05) is 24.4 Å². The molecule has 7 nitrogen and oxygen atoms in total. The number of aromatic amines is 1. The molecule has 0 aliphatic carbocycles. The Morgan fingerprint density at radius 2 is 1.97 bits per heavy atom. The number of hydrogen-bond acceptors (Lipinski definition) is 4. The van der Waals surface area contributed by atoms with Crippen molar-refractivity contribution < 1.29 is 17.9 Å². The van der Waals surface area contributed by atoms with Gasteiger partial charge in [-0.25, -0.2) is 8.42 Å². The van der Waals surface area contributed by atoms with Gasteiger partial charge in [0.2, 0.25) is 15.9 Å². The lowest BCUT2D eigenvalue weighted by Crippen LogP contribution is -2.45. The number of fused-ring (bicyclic) bond motifs is 1. The van der Waals surface area contributed by atoms with Gasteiger partial charge in [-0.1, -0.05) is 18.2 Å². The molecule has 31 heavy (non-hydrogen) atoms. The molecule has 164 valence electrons. The second-order valence-corrected chi connectivity index (χ2v) is 9.72. The highest BCUT2D eigenvalue weighted by Gasteiger charge is 2.33. The predicted octanol–water partition coefficient (Wildman–Crippen LogP) is 2.94. The van der Waals surface area contributed by atoms with E-state index in [0.717, 1.165) is 22.9 Å². The molecule has 0 saturated carbocycles. The molecular formula is C23H27N3O4S. The number of hydrogen-bond donors (Lipinski definition) is 2. The van der Waals surface area contributed by atoms with Gasteiger partial charge in [0, 0.05) is 36.7 Å². The summed E-state index contributed by atoms with van der Waals surface area (Å²) in [6.45, 7) is 1.14. The van der Waals surface area contributed by atoms with Crippen molar-refractivity contribution in [2.45, 2.75) is 24.2 Å². The lowest BCUT2D eigenvalue weighted by Gasteiger charge is -2.31. The van der Waals surface area contributed by atoms with Crippen LogP contribution in [0.25, 0.3) is 10.9 Å². The zero-order valence-electron chi connectivity index (χ0n) is 17.5. The Labute approximate surface area is 182 Å². The molecule has 1 fully saturated rings. The molecule has 2 N–H and O–H groups in total. The van der Waals surface area contributed by atoms with Crippen LogP contribution in [0.5, 0.6) is 5.75 Å². The number of para-hydroxylation sites is 1. The third-order valence-corrected chi connectivity index (χ3v) is 7.70. The Morgan fingerprint density at radius 1 is 1.19 bits per heavy atom. The van der Waals surface area contributed by atoms with E-state index in [2.05, 4.69) is 16.4 Å². The Kier molecular flexibility index (Phi) is 6.29. The smallest absolute Gasteiger partial charge is 0.243 e. The summed E-state index contributed by atoms with van der Waals surface area (Å²) in [6.07, 6.45) is 4.04. The van der Waals surface area contributed by atoms with Crippen LogP contribution in [-0.4, -0.2) is 50.4 Å². The minimum absolute atomic E-state index is 0.0885. The maximum absolute atomic E-state index is 13.0. The van der Waals surface area contributed by atoms with Crippen LogP contribution in [0, 0.1) is 5.92 Å². The maximum Gasteiger partial charge on any atom is 0.243 e. The lowest BCUT2D eigenvalue weighted by atomic mass is 9.99. The number of H-pyrrole nitrogens is 1. The fourth-order valence-electron chi connectivity index (χ4n) is 4.07. The standard InChI is InChI=1S/C23H27N3O4S/c1-30-19-8-10-20(11-9-19)31(28,29)26-14-4-5-18(16-26)23(27)24-13-12-17-15-25-22-7-3-2-6-21(17)22/h2-3,6-11,15,18,25H,4-5,12-14,16H2,1H3,(H,24,27)/t18-/m0/s1. The van der Waals surface area contributed by atoms with Gasteiger partial charge < -0.3 is 15.0 Å². The minimum atomic E-state index is -3.64. The van der Waals surface area contributed by atoms with Crippen molar-refractivity contribution in [1.29, 1.82) is 0 Å². The van der Waals surface area contributed by atoms with E-state index >= 15 is 0 Å². The van der Waals surface area contributed by atoms with Gasteiger partial charge in [0.15, 0.2) is 0 Å². The van der Waals surface area contributed by atoms with Crippen molar-refractivity contribution in [2.24, 2.45) is 5.92 Å². The fraction of sp³-hybridized carbons (Fsp3) is 0.348. The van der Waals surface area contributed by atoms with Crippen molar-refractivity contribution in [2.75, 3.05) is 26.7 Å². The van der Waals surface area contributed by atoms with E-state index in [4.69, 9.17) is 4.74 Å². The van der Waals surface area contributed by atoms with Crippen molar-refractivity contribution in [3.05, 3.63) is 60.3 Å². The highest BCUT2D eigenvalue weighted by atomic mass is 32.2. The number of ether oxygens (including phenoxy) is 1. The van der Waals surface area contributed by atoms with Crippen molar-refractivity contribution in [3.63, 3.8) is 0 Å². The molecule has 1 aromatic heterocycles. The van der Waals surface area contributed by atoms with Gasteiger partial charge in [-0.3, -0.25) is 4.79 Å². The Hall–Kier alpha value is -2.84. The van der Waals surface area contributed by atoms with E-state index in [1.54, 1.807) is 24.3 Å². The average Bonchev–Trinajstić information content (AvgIpc) is 3.22. The predicted molar refractivity (Wildman–Crippen MR) is 119 cm³/mol. The summed E-state index contributed by atoms with van der Waals surface area (Å²) in [5.74, 6) is 0.171. The van der Waals surface area contributed by atoms with Crippen molar-refractivity contribution in [3.8, 4) is 5.75 Å². The van der Waals surface area contributed by atoms with Gasteiger partial charge in [0.25, 0.3) is 0 Å². The van der Waals surface area contributed by atoms with Crippen LogP contribution in [-0.2, 0) is 21.2 Å². The molecule has 1 atom stereocenters. The summed E-state index contributed by atoms with van der Waals surface area (Å²) in [4.78, 5) is 16.2. The molecule has 0 unspecified atom stereocenters. The molecule has 0 radical (unpaired) electrons. The van der Waals surface area contributed by atoms with Gasteiger partial charge in [-0.05, 0) is 55.2 Å². The number of piperidine rings is 1. The monoisotopic (exact) mass is 441 g/mol. The molecule has 8 heteroatoms. The number of amides is 1. The van der Waals surface area contributed by atoms with Crippen LogP contribution in [0.15, 0.2) is 59.6 Å². The van der Waals surface area contributed by atoms with Gasteiger partial charge in [0.05, 0.1) is 17.9 Å². The van der Waals surface area contributed by atoms with Crippen LogP contribution in [0.2, 0.25) is 0 Å². The maximum atomic E-state index is 13.0. The molecule has 1 amide bonds. The molecule has 4 rings (SSSR count). The van der Waals surface area contributed by atoms with E-state index in [9.17, 15) is 13.2 Å². The number of rotatable bonds is 7. The van der Waals surface area contributed by atoms with Gasteiger partial charge in [0.1, 0.15) is 5.75 Å². The number of aromatic nitrogens is 1. The first kappa shape index (κ1) is 21.4. The largest absolute Gasteiger partial charge is 0.497 e. The van der Waals surface area contributed by atoms with Crippen LogP contribution in [0.1, 0.15) is 18.4 Å². The quantitative estimate of drug-likeness (QED) is 0.590. The van der Waals surface area contributed by atoms with Crippen LogP contribution in [0.3, 0.4) is 0 Å². The zero-order chi connectivity index (χ0) is 21.8. The number of methoxy groups -OCH3 is 1. The third kappa shape index (κ3) is 4.60. The topological polar surface area (TPSA) is 91.5 Å². The summed E-state index contributed by atoms with van der Waals surface area (Å²) in [6, 6.07) is 14.4. The number of nitrogens with zero attached hydrogens (tertiary/aromatic N) is 1. The summed E-state index contributed by atoms with van der Waals surface area (Å²) in [5, 5.41) is 4.15. The Bertz CT molecular complexity index is 1160. The van der Waals surface area contributed by atoms with Crippen LogP contribution >= 0.6 is 0 Å². The summed E-state index contributed by atoms with van der Waals surface area (Å²) in [7, 11) is -2.10. The van der Waals surface area contributed by atoms with Gasteiger partial charge in [-0.2, -0.15) is 4.31 Å². The van der Waals surface area contributed by atoms with Gasteiger partial charge in [-0.15, -0.1) is 0 Å². The first-order valence-corrected chi connectivity index (χ1v) is 11.9. The highest BCUT2D eigenvalue weighted by molar-refractivity contribution is 7.89. The van der Waals surface area contributed by atoms with E-state index in [1.165, 1.54) is 11.4 Å². The first-order valence-electron chi connectivity index (χ1n) is 10.5. The molecule has 0 bridgehead atoms. The second kappa shape index (κ2) is 9.11. The van der Waals surface area contributed by atoms with Crippen molar-refractivity contribution >= 4 is 26.8 Å². The number of carbonyl (C=O) groups excluding carboxylic acids is 1. The fourth-order valence-corrected chi connectivity index (χ4v) is 5.60. The number of benzene rings is 2. The minimum Gasteiger partial charge on any atom is -0.497 e. The van der Waals surface area contributed by atoms with Crippen molar-refractivity contribution in [1.82, 2.24) is 14.6 Å². The molecule has 3 aromatic rings. The number of nitrogens with one attached hydrogen (secondary N) is 2. The lowest BCUT2D eigenvalue weighted by molar-refractivity contribution is -0.126. The van der Waals surface area contributed by atoms with E-state index in [0.29, 0.717) is 31.7 Å². The van der Waals surface area contributed by atoms with Crippen LogP contribution < -0.4 is 10.1 Å². The SMILES string of the molecule is COc1ccc(S(=O)(=O)N2CCC[C@H](C(=O)NCCc3c[nH]c4ccccc34)C2)cc1. The Balaban J connectivity index is 1.35. The summed E-state index contributed by atoms with van der Waals surface area (Å²) < 4.78 is 32.5. The third-order valence-electron chi connectivity index (χ3n) is 5.82. The second-order valence-electron chi connectivity index (χ2n) is 7.78. The Morgan fingerprint density at radius 3 is 2.74 bits per heavy atom. The molecule has 1 saturated heterocycles. The molecular weight excluding hydrogens is 414 g/mol. The highest BCUT2D eigenvalue weighted by Crippen LogP contribution is 2.25. The van der Waals surface area contributed by atoms with Crippen LogP contribution in [0.4, 0.5) is 0 Å². The molecule has 0 spiro atoms. The summed E-state index contributed by atoms with van der Waals surface area (Å²) >= 11 is 0. The summed E-state index contributed by atoms with van der Waals surface area (Å²) in [5.41, 5.74) is 2.23. The zero-order valence-corrected chi connectivity index (χ0v) is 18.3. The average molecular weight is 442 g/mol. The van der Waals surface area contributed by atoms with E-state index in [-0.39, 0.29) is 23.3 Å². The number of carbonyl (C=O) groups is 1. The number of sulfonamides is 1. The molecule has 2 heterocycles. The first-order chi connectivity index (χ1) is 15.0. The van der Waals surface area contributed by atoms with Gasteiger partial charge >= 0.3 is 0 Å². The molecule has 1 aliphatic heterocycles. The van der Waals surface area contributed by atoms with E-state index < -0.39 is 10.0 Å².